The van der Waals surface area contributed by atoms with Crippen molar-refractivity contribution in [3.05, 3.63) is 69.5 Å². The molecule has 2 aromatic heterocycles. The number of carboxylic acid groups (broad SMARTS) is 1. The SMILES string of the molecule is CC1CN(CCc2c(-c3c(Cl)cccc3Cl)noc2C2CC2)C[C@@H](C)N1c1ccc2c(C(=O)O)cn(C)c2c1. The van der Waals surface area contributed by atoms with Crippen LogP contribution in [-0.4, -0.2) is 57.4 Å². The molecule has 1 aliphatic carbocycles. The van der Waals surface area contributed by atoms with E-state index in [-0.39, 0.29) is 12.1 Å². The zero-order chi connectivity index (χ0) is 27.4. The number of aryl methyl sites for hydroxylation is 1. The fraction of sp³-hybridized carbons (Fsp3) is 0.400. The van der Waals surface area contributed by atoms with Crippen LogP contribution in [0.15, 0.2) is 47.1 Å². The number of carboxylic acids is 1. The van der Waals surface area contributed by atoms with Gasteiger partial charge in [0.2, 0.25) is 0 Å². The largest absolute Gasteiger partial charge is 0.478 e. The summed E-state index contributed by atoms with van der Waals surface area (Å²) in [6.45, 7) is 7.23. The molecule has 204 valence electrons. The fourth-order valence-corrected chi connectivity index (χ4v) is 6.82. The standard InChI is InChI=1S/C30H32Cl2N4O3/c1-17-14-35(15-18(2)36(17)20-9-10-21-23(30(37)38)16-34(3)26(21)13-20)12-11-22-28(33-39-29(22)19-7-8-19)27-24(31)5-4-6-25(27)32/h4-6,9-10,13,16-19H,7-8,11-12,14-15H2,1-3H3,(H,37,38)/t17-,18?/m1/s1. The molecular formula is C30H32Cl2N4O3. The van der Waals surface area contributed by atoms with Crippen LogP contribution in [0.1, 0.15) is 54.3 Å². The Bertz CT molecular complexity index is 1530. The Balaban J connectivity index is 1.21. The number of halogens is 2. The average Bonchev–Trinajstić information content (AvgIpc) is 3.56. The molecule has 1 aliphatic heterocycles. The van der Waals surface area contributed by atoms with Crippen LogP contribution in [0.3, 0.4) is 0 Å². The maximum absolute atomic E-state index is 11.6. The van der Waals surface area contributed by atoms with E-state index in [1.807, 2.05) is 35.9 Å². The second-order valence-corrected chi connectivity index (χ2v) is 11.8. The molecule has 1 unspecified atom stereocenters. The summed E-state index contributed by atoms with van der Waals surface area (Å²) >= 11 is 13.1. The number of nitrogens with zero attached hydrogens (tertiary/aromatic N) is 4. The second kappa shape index (κ2) is 10.2. The lowest BCUT2D eigenvalue weighted by atomic mass is 10.00. The molecule has 0 amide bonds. The molecule has 7 nitrogen and oxygen atoms in total. The van der Waals surface area contributed by atoms with E-state index in [0.29, 0.717) is 21.5 Å². The van der Waals surface area contributed by atoms with E-state index < -0.39 is 5.97 Å². The molecular weight excluding hydrogens is 535 g/mol. The van der Waals surface area contributed by atoms with Gasteiger partial charge in [-0.2, -0.15) is 0 Å². The number of carbonyl (C=O) groups is 1. The number of benzene rings is 2. The second-order valence-electron chi connectivity index (χ2n) is 11.0. The predicted octanol–water partition coefficient (Wildman–Crippen LogP) is 6.86. The molecule has 6 rings (SSSR count). The molecule has 9 heteroatoms. The van der Waals surface area contributed by atoms with Gasteiger partial charge < -0.3 is 19.1 Å². The number of anilines is 1. The van der Waals surface area contributed by atoms with Crippen molar-refractivity contribution in [2.75, 3.05) is 24.5 Å². The van der Waals surface area contributed by atoms with Gasteiger partial charge in [0.15, 0.2) is 0 Å². The van der Waals surface area contributed by atoms with Crippen LogP contribution >= 0.6 is 23.2 Å². The zero-order valence-corrected chi connectivity index (χ0v) is 23.8. The monoisotopic (exact) mass is 566 g/mol. The molecule has 39 heavy (non-hydrogen) atoms. The lowest BCUT2D eigenvalue weighted by molar-refractivity contribution is 0.0699. The van der Waals surface area contributed by atoms with Gasteiger partial charge in [0.25, 0.3) is 0 Å². The number of hydrogen-bond donors (Lipinski definition) is 1. The molecule has 0 radical (unpaired) electrons. The summed E-state index contributed by atoms with van der Waals surface area (Å²) in [7, 11) is 1.90. The zero-order valence-electron chi connectivity index (χ0n) is 22.3. The van der Waals surface area contributed by atoms with E-state index in [1.165, 1.54) is 0 Å². The number of aromatic carboxylic acids is 1. The minimum absolute atomic E-state index is 0.285. The first-order chi connectivity index (χ1) is 18.7. The molecule has 0 spiro atoms. The number of rotatable bonds is 7. The Labute approximate surface area is 237 Å². The van der Waals surface area contributed by atoms with Crippen molar-refractivity contribution in [3.63, 3.8) is 0 Å². The van der Waals surface area contributed by atoms with Gasteiger partial charge in [0.05, 0.1) is 21.1 Å². The van der Waals surface area contributed by atoms with Gasteiger partial charge >= 0.3 is 5.97 Å². The van der Waals surface area contributed by atoms with Gasteiger partial charge in [-0.05, 0) is 63.4 Å². The Kier molecular flexibility index (Phi) is 6.86. The fourth-order valence-electron chi connectivity index (χ4n) is 6.25. The minimum atomic E-state index is -0.902. The lowest BCUT2D eigenvalue weighted by Gasteiger charge is -2.46. The number of aromatic nitrogens is 2. The molecule has 0 bridgehead atoms. The van der Waals surface area contributed by atoms with Crippen LogP contribution in [0.2, 0.25) is 10.0 Å². The van der Waals surface area contributed by atoms with Crippen LogP contribution in [0.5, 0.6) is 0 Å². The van der Waals surface area contributed by atoms with Crippen LogP contribution in [0.25, 0.3) is 22.2 Å². The molecule has 2 fully saturated rings. The molecule has 2 atom stereocenters. The van der Waals surface area contributed by atoms with Gasteiger partial charge in [0.1, 0.15) is 11.5 Å². The van der Waals surface area contributed by atoms with E-state index in [4.69, 9.17) is 27.7 Å². The van der Waals surface area contributed by atoms with Crippen molar-refractivity contribution in [2.24, 2.45) is 7.05 Å². The third-order valence-corrected chi connectivity index (χ3v) is 8.77. The Morgan fingerprint density at radius 2 is 1.79 bits per heavy atom. The number of fused-ring (bicyclic) bond motifs is 1. The van der Waals surface area contributed by atoms with Crippen molar-refractivity contribution in [3.8, 4) is 11.3 Å². The lowest BCUT2D eigenvalue weighted by Crippen LogP contribution is -2.57. The van der Waals surface area contributed by atoms with Gasteiger partial charge in [-0.1, -0.05) is 34.4 Å². The quantitative estimate of drug-likeness (QED) is 0.263. The highest BCUT2D eigenvalue weighted by molar-refractivity contribution is 6.39. The highest BCUT2D eigenvalue weighted by Gasteiger charge is 2.35. The Morgan fingerprint density at radius 3 is 2.44 bits per heavy atom. The topological polar surface area (TPSA) is 74.7 Å². The third kappa shape index (κ3) is 4.81. The summed E-state index contributed by atoms with van der Waals surface area (Å²) in [4.78, 5) is 16.6. The molecule has 1 saturated heterocycles. The molecule has 1 N–H and O–H groups in total. The van der Waals surface area contributed by atoms with Gasteiger partial charge in [-0.3, -0.25) is 4.90 Å². The van der Waals surface area contributed by atoms with Gasteiger partial charge in [0, 0.05) is 73.1 Å². The van der Waals surface area contributed by atoms with Gasteiger partial charge in [-0.15, -0.1) is 0 Å². The maximum atomic E-state index is 11.6. The van der Waals surface area contributed by atoms with Crippen molar-refractivity contribution in [1.82, 2.24) is 14.6 Å². The first-order valence-corrected chi connectivity index (χ1v) is 14.2. The third-order valence-electron chi connectivity index (χ3n) is 8.14. The first-order valence-electron chi connectivity index (χ1n) is 13.5. The van der Waals surface area contributed by atoms with Crippen LogP contribution in [-0.2, 0) is 13.5 Å². The van der Waals surface area contributed by atoms with E-state index in [0.717, 1.165) is 78.1 Å². The van der Waals surface area contributed by atoms with E-state index in [2.05, 4.69) is 40.9 Å². The summed E-state index contributed by atoms with van der Waals surface area (Å²) < 4.78 is 7.77. The van der Waals surface area contributed by atoms with E-state index in [9.17, 15) is 9.90 Å². The highest BCUT2D eigenvalue weighted by Crippen LogP contribution is 2.46. The molecule has 1 saturated carbocycles. The molecule has 2 aliphatic rings. The van der Waals surface area contributed by atoms with Crippen LogP contribution < -0.4 is 4.90 Å². The predicted molar refractivity (Wildman–Crippen MR) is 155 cm³/mol. The van der Waals surface area contributed by atoms with E-state index in [1.54, 1.807) is 6.20 Å². The average molecular weight is 568 g/mol. The molecule has 3 heterocycles. The highest BCUT2D eigenvalue weighted by atomic mass is 35.5. The van der Waals surface area contributed by atoms with E-state index >= 15 is 0 Å². The van der Waals surface area contributed by atoms with Gasteiger partial charge in [-0.25, -0.2) is 4.79 Å². The Morgan fingerprint density at radius 1 is 1.10 bits per heavy atom. The summed E-state index contributed by atoms with van der Waals surface area (Å²) in [6, 6.07) is 12.2. The summed E-state index contributed by atoms with van der Waals surface area (Å²) in [5, 5.41) is 15.9. The summed E-state index contributed by atoms with van der Waals surface area (Å²) in [6.07, 6.45) is 4.76. The molecule has 2 aromatic carbocycles. The summed E-state index contributed by atoms with van der Waals surface area (Å²) in [5.41, 5.74) is 5.02. The van der Waals surface area contributed by atoms with Crippen LogP contribution in [0, 0.1) is 0 Å². The number of hydrogen-bond acceptors (Lipinski definition) is 5. The van der Waals surface area contributed by atoms with Crippen molar-refractivity contribution in [2.45, 2.75) is 51.1 Å². The van der Waals surface area contributed by atoms with Crippen molar-refractivity contribution >= 4 is 45.8 Å². The number of piperazine rings is 1. The Hall–Kier alpha value is -3.00. The van der Waals surface area contributed by atoms with Crippen molar-refractivity contribution in [1.29, 1.82) is 0 Å². The first kappa shape index (κ1) is 26.2. The summed E-state index contributed by atoms with van der Waals surface area (Å²) in [5.74, 6) is 0.518. The molecule has 4 aromatic rings. The van der Waals surface area contributed by atoms with Crippen molar-refractivity contribution < 1.29 is 14.4 Å². The van der Waals surface area contributed by atoms with Crippen LogP contribution in [0.4, 0.5) is 5.69 Å². The normalized spacial score (nSPS) is 20.2. The minimum Gasteiger partial charge on any atom is -0.478 e. The smallest absolute Gasteiger partial charge is 0.337 e. The maximum Gasteiger partial charge on any atom is 0.337 e.